The third kappa shape index (κ3) is 2.18. The minimum absolute atomic E-state index is 0.00164. The molecule has 0 aliphatic heterocycles. The Hall–Kier alpha value is -1.09. The van der Waals surface area contributed by atoms with Crippen molar-refractivity contribution >= 4 is 5.97 Å². The SMILES string of the molecule is CC1C(CC(=O)O)=CC=CC1(C)O. The summed E-state index contributed by atoms with van der Waals surface area (Å²) < 4.78 is 0. The van der Waals surface area contributed by atoms with Crippen molar-refractivity contribution in [2.75, 3.05) is 0 Å². The monoisotopic (exact) mass is 182 g/mol. The molecule has 3 heteroatoms. The van der Waals surface area contributed by atoms with Gasteiger partial charge in [0, 0.05) is 5.92 Å². The Balaban J connectivity index is 2.81. The summed E-state index contributed by atoms with van der Waals surface area (Å²) in [5, 5.41) is 18.4. The second kappa shape index (κ2) is 3.34. The average Bonchev–Trinajstić information content (AvgIpc) is 1.98. The molecule has 2 N–H and O–H groups in total. The molecule has 0 aromatic carbocycles. The van der Waals surface area contributed by atoms with E-state index in [2.05, 4.69) is 0 Å². The van der Waals surface area contributed by atoms with E-state index in [-0.39, 0.29) is 12.3 Å². The van der Waals surface area contributed by atoms with Gasteiger partial charge in [0.25, 0.3) is 0 Å². The number of carboxylic acid groups (broad SMARTS) is 1. The molecule has 0 heterocycles. The number of allylic oxidation sites excluding steroid dienone is 2. The van der Waals surface area contributed by atoms with E-state index in [1.807, 2.05) is 6.92 Å². The van der Waals surface area contributed by atoms with Crippen molar-refractivity contribution in [2.24, 2.45) is 5.92 Å². The maximum absolute atomic E-state index is 10.5. The normalized spacial score (nSPS) is 32.8. The van der Waals surface area contributed by atoms with Crippen LogP contribution in [0.3, 0.4) is 0 Å². The zero-order chi connectivity index (χ0) is 10.1. The molecule has 1 rings (SSSR count). The summed E-state index contributed by atoms with van der Waals surface area (Å²) in [6.07, 6.45) is 5.15. The minimum Gasteiger partial charge on any atom is -0.481 e. The van der Waals surface area contributed by atoms with Gasteiger partial charge in [0.15, 0.2) is 0 Å². The first kappa shape index (κ1) is 9.99. The smallest absolute Gasteiger partial charge is 0.307 e. The predicted octanol–water partition coefficient (Wildman–Crippen LogP) is 1.34. The number of aliphatic carboxylic acids is 1. The van der Waals surface area contributed by atoms with Crippen LogP contribution in [0.4, 0.5) is 0 Å². The van der Waals surface area contributed by atoms with Crippen molar-refractivity contribution in [2.45, 2.75) is 25.9 Å². The molecule has 0 amide bonds. The van der Waals surface area contributed by atoms with Gasteiger partial charge in [-0.1, -0.05) is 30.7 Å². The number of rotatable bonds is 2. The molecular formula is C10H14O3. The highest BCUT2D eigenvalue weighted by atomic mass is 16.4. The first-order valence-electron chi connectivity index (χ1n) is 4.26. The van der Waals surface area contributed by atoms with Crippen LogP contribution < -0.4 is 0 Å². The molecule has 0 bridgehead atoms. The van der Waals surface area contributed by atoms with Crippen molar-refractivity contribution in [1.29, 1.82) is 0 Å². The molecule has 0 saturated carbocycles. The van der Waals surface area contributed by atoms with Crippen molar-refractivity contribution in [3.63, 3.8) is 0 Å². The zero-order valence-electron chi connectivity index (χ0n) is 7.82. The van der Waals surface area contributed by atoms with Gasteiger partial charge in [0.2, 0.25) is 0 Å². The van der Waals surface area contributed by atoms with E-state index < -0.39 is 11.6 Å². The van der Waals surface area contributed by atoms with Crippen LogP contribution in [0, 0.1) is 5.92 Å². The van der Waals surface area contributed by atoms with Crippen LogP contribution in [-0.4, -0.2) is 21.8 Å². The molecular weight excluding hydrogens is 168 g/mol. The van der Waals surface area contributed by atoms with Gasteiger partial charge in [0.05, 0.1) is 12.0 Å². The van der Waals surface area contributed by atoms with Crippen molar-refractivity contribution in [1.82, 2.24) is 0 Å². The predicted molar refractivity (Wildman–Crippen MR) is 49.3 cm³/mol. The number of carbonyl (C=O) groups is 1. The van der Waals surface area contributed by atoms with Crippen LogP contribution in [0.15, 0.2) is 23.8 Å². The third-order valence-electron chi connectivity index (χ3n) is 2.53. The van der Waals surface area contributed by atoms with E-state index in [0.717, 1.165) is 5.57 Å². The first-order chi connectivity index (χ1) is 5.93. The van der Waals surface area contributed by atoms with E-state index in [0.29, 0.717) is 0 Å². The van der Waals surface area contributed by atoms with Crippen molar-refractivity contribution in [3.05, 3.63) is 23.8 Å². The summed E-state index contributed by atoms with van der Waals surface area (Å²) in [5.41, 5.74) is -0.153. The molecule has 1 aliphatic carbocycles. The van der Waals surface area contributed by atoms with Crippen LogP contribution >= 0.6 is 0 Å². The Morgan fingerprint density at radius 1 is 1.69 bits per heavy atom. The van der Waals surface area contributed by atoms with Gasteiger partial charge in [-0.2, -0.15) is 0 Å². The molecule has 0 spiro atoms. The van der Waals surface area contributed by atoms with Crippen LogP contribution in [0.5, 0.6) is 0 Å². The van der Waals surface area contributed by atoms with Gasteiger partial charge in [-0.05, 0) is 6.92 Å². The molecule has 0 fully saturated rings. The van der Waals surface area contributed by atoms with Crippen molar-refractivity contribution < 1.29 is 15.0 Å². The fraction of sp³-hybridized carbons (Fsp3) is 0.500. The Morgan fingerprint density at radius 3 is 2.85 bits per heavy atom. The van der Waals surface area contributed by atoms with E-state index in [4.69, 9.17) is 5.11 Å². The van der Waals surface area contributed by atoms with Gasteiger partial charge < -0.3 is 10.2 Å². The van der Waals surface area contributed by atoms with Gasteiger partial charge in [0.1, 0.15) is 0 Å². The topological polar surface area (TPSA) is 57.5 Å². The Bertz CT molecular complexity index is 274. The molecule has 2 atom stereocenters. The first-order valence-corrected chi connectivity index (χ1v) is 4.26. The maximum Gasteiger partial charge on any atom is 0.307 e. The highest BCUT2D eigenvalue weighted by Gasteiger charge is 2.30. The van der Waals surface area contributed by atoms with Gasteiger partial charge >= 0.3 is 5.97 Å². The lowest BCUT2D eigenvalue weighted by atomic mass is 9.80. The Kier molecular flexibility index (Phi) is 2.57. The fourth-order valence-corrected chi connectivity index (χ4v) is 1.42. The van der Waals surface area contributed by atoms with E-state index >= 15 is 0 Å². The highest BCUT2D eigenvalue weighted by Crippen LogP contribution is 2.30. The van der Waals surface area contributed by atoms with Crippen LogP contribution in [-0.2, 0) is 4.79 Å². The molecule has 0 aromatic rings. The van der Waals surface area contributed by atoms with Crippen molar-refractivity contribution in [3.8, 4) is 0 Å². The molecule has 13 heavy (non-hydrogen) atoms. The lowest BCUT2D eigenvalue weighted by Gasteiger charge is -2.31. The maximum atomic E-state index is 10.5. The molecule has 1 aliphatic rings. The summed E-state index contributed by atoms with van der Waals surface area (Å²) in [5.74, 6) is -0.988. The second-order valence-corrected chi connectivity index (χ2v) is 3.62. The number of hydrogen-bond acceptors (Lipinski definition) is 2. The largest absolute Gasteiger partial charge is 0.481 e. The van der Waals surface area contributed by atoms with Gasteiger partial charge in [-0.25, -0.2) is 0 Å². The summed E-state index contributed by atoms with van der Waals surface area (Å²) in [4.78, 5) is 10.5. The summed E-state index contributed by atoms with van der Waals surface area (Å²) in [6.45, 7) is 3.52. The third-order valence-corrected chi connectivity index (χ3v) is 2.53. The zero-order valence-corrected chi connectivity index (χ0v) is 7.82. The summed E-state index contributed by atoms with van der Waals surface area (Å²) in [7, 11) is 0. The van der Waals surface area contributed by atoms with E-state index in [1.165, 1.54) is 0 Å². The molecule has 0 saturated heterocycles. The number of hydrogen-bond donors (Lipinski definition) is 2. The number of carboxylic acids is 1. The Labute approximate surface area is 77.4 Å². The van der Waals surface area contributed by atoms with Gasteiger partial charge in [-0.15, -0.1) is 0 Å². The summed E-state index contributed by atoms with van der Waals surface area (Å²) >= 11 is 0. The lowest BCUT2D eigenvalue weighted by molar-refractivity contribution is -0.136. The Morgan fingerprint density at radius 2 is 2.31 bits per heavy atom. The van der Waals surface area contributed by atoms with Crippen LogP contribution in [0.2, 0.25) is 0 Å². The molecule has 2 unspecified atom stereocenters. The number of aliphatic hydroxyl groups is 1. The highest BCUT2D eigenvalue weighted by molar-refractivity contribution is 5.70. The van der Waals surface area contributed by atoms with Gasteiger partial charge in [-0.3, -0.25) is 4.79 Å². The molecule has 0 radical (unpaired) electrons. The quantitative estimate of drug-likeness (QED) is 0.677. The molecule has 0 aromatic heterocycles. The molecule has 3 nitrogen and oxygen atoms in total. The molecule has 72 valence electrons. The standard InChI is InChI=1S/C10H14O3/c1-7-8(6-9(11)12)4-3-5-10(7,2)13/h3-5,7,13H,6H2,1-2H3,(H,11,12). The van der Waals surface area contributed by atoms with Crippen LogP contribution in [0.1, 0.15) is 20.3 Å². The summed E-state index contributed by atoms with van der Waals surface area (Å²) in [6, 6.07) is 0. The lowest BCUT2D eigenvalue weighted by Crippen LogP contribution is -2.33. The second-order valence-electron chi connectivity index (χ2n) is 3.62. The van der Waals surface area contributed by atoms with Crippen LogP contribution in [0.25, 0.3) is 0 Å². The average molecular weight is 182 g/mol. The van der Waals surface area contributed by atoms with E-state index in [1.54, 1.807) is 25.2 Å². The minimum atomic E-state index is -0.917. The van der Waals surface area contributed by atoms with E-state index in [9.17, 15) is 9.90 Å². The fourth-order valence-electron chi connectivity index (χ4n) is 1.42.